The maximum Gasteiger partial charge on any atom is 0.304 e. The lowest BCUT2D eigenvalue weighted by Crippen LogP contribution is -2.55. The number of benzene rings is 1. The molecule has 0 spiro atoms. The molecule has 0 aliphatic heterocycles. The molecule has 3 aromatic rings. The molecule has 8 nitrogen and oxygen atoms in total. The lowest BCUT2D eigenvalue weighted by molar-refractivity contribution is -0.126. The standard InChI is InChI=1S/C23H26N4O4/c1-15(2)21(22(28)25-3)27(24)23(29)20-12-11-19(31-20)18-10-9-17(13-26-18)30-14-16-7-5-4-6-8-16/h4-13,15,21H,14,24H2,1-3H3,(H,25,28)/t21-/m0/s1. The fourth-order valence-electron chi connectivity index (χ4n) is 3.09. The van der Waals surface area contributed by atoms with Gasteiger partial charge in [-0.15, -0.1) is 0 Å². The second kappa shape index (κ2) is 9.90. The number of hydrogen-bond acceptors (Lipinski definition) is 6. The zero-order chi connectivity index (χ0) is 22.4. The van der Waals surface area contributed by atoms with Crippen molar-refractivity contribution in [1.82, 2.24) is 15.3 Å². The van der Waals surface area contributed by atoms with Crippen molar-refractivity contribution in [3.63, 3.8) is 0 Å². The van der Waals surface area contributed by atoms with Crippen LogP contribution in [-0.2, 0) is 11.4 Å². The number of furan rings is 1. The van der Waals surface area contributed by atoms with Crippen LogP contribution in [0.5, 0.6) is 5.75 Å². The maximum atomic E-state index is 12.7. The Labute approximate surface area is 181 Å². The van der Waals surface area contributed by atoms with E-state index in [1.54, 1.807) is 24.4 Å². The molecule has 3 rings (SSSR count). The van der Waals surface area contributed by atoms with E-state index in [9.17, 15) is 9.59 Å². The number of rotatable bonds is 8. The summed E-state index contributed by atoms with van der Waals surface area (Å²) in [5, 5.41) is 3.43. The molecule has 1 aromatic carbocycles. The summed E-state index contributed by atoms with van der Waals surface area (Å²) in [6.45, 7) is 4.06. The number of carbonyl (C=O) groups excluding carboxylic acids is 2. The van der Waals surface area contributed by atoms with Crippen molar-refractivity contribution in [1.29, 1.82) is 0 Å². The number of likely N-dealkylation sites (N-methyl/N-ethyl adjacent to an activating group) is 1. The molecule has 2 heterocycles. The normalized spacial score (nSPS) is 11.8. The van der Waals surface area contributed by atoms with Gasteiger partial charge in [-0.2, -0.15) is 0 Å². The van der Waals surface area contributed by atoms with Crippen LogP contribution in [0.25, 0.3) is 11.5 Å². The molecule has 0 fully saturated rings. The molecule has 0 saturated carbocycles. The van der Waals surface area contributed by atoms with E-state index in [4.69, 9.17) is 15.0 Å². The molecule has 0 saturated heterocycles. The van der Waals surface area contributed by atoms with E-state index in [-0.39, 0.29) is 17.6 Å². The first kappa shape index (κ1) is 22.0. The van der Waals surface area contributed by atoms with Crippen LogP contribution >= 0.6 is 0 Å². The number of amides is 2. The van der Waals surface area contributed by atoms with Crippen molar-refractivity contribution in [3.05, 3.63) is 72.1 Å². The van der Waals surface area contributed by atoms with Crippen LogP contribution in [0.15, 0.2) is 65.2 Å². The van der Waals surface area contributed by atoms with E-state index in [2.05, 4.69) is 10.3 Å². The second-order valence-electron chi connectivity index (χ2n) is 7.33. The minimum Gasteiger partial charge on any atom is -0.487 e. The first-order valence-electron chi connectivity index (χ1n) is 9.93. The topological polar surface area (TPSA) is 111 Å². The molecule has 2 amide bonds. The third-order valence-corrected chi connectivity index (χ3v) is 4.73. The van der Waals surface area contributed by atoms with E-state index >= 15 is 0 Å². The number of aromatic nitrogens is 1. The number of nitrogens with one attached hydrogen (secondary N) is 1. The predicted molar refractivity (Wildman–Crippen MR) is 116 cm³/mol. The fourth-order valence-corrected chi connectivity index (χ4v) is 3.09. The highest BCUT2D eigenvalue weighted by atomic mass is 16.5. The largest absolute Gasteiger partial charge is 0.487 e. The van der Waals surface area contributed by atoms with Crippen LogP contribution in [0.1, 0.15) is 30.0 Å². The van der Waals surface area contributed by atoms with Crippen molar-refractivity contribution in [3.8, 4) is 17.2 Å². The molecule has 0 unspecified atom stereocenters. The Morgan fingerprint density at radius 1 is 1.13 bits per heavy atom. The van der Waals surface area contributed by atoms with Gasteiger partial charge in [0.1, 0.15) is 24.1 Å². The summed E-state index contributed by atoms with van der Waals surface area (Å²) in [5.41, 5.74) is 1.60. The summed E-state index contributed by atoms with van der Waals surface area (Å²) in [5.74, 6) is 5.90. The molecule has 0 aliphatic carbocycles. The predicted octanol–water partition coefficient (Wildman–Crippen LogP) is 3.01. The Balaban J connectivity index is 1.68. The van der Waals surface area contributed by atoms with Crippen LogP contribution in [0, 0.1) is 5.92 Å². The zero-order valence-electron chi connectivity index (χ0n) is 17.7. The molecule has 0 aliphatic rings. The quantitative estimate of drug-likeness (QED) is 0.328. The van der Waals surface area contributed by atoms with Gasteiger partial charge >= 0.3 is 5.91 Å². The summed E-state index contributed by atoms with van der Waals surface area (Å²) in [6, 6.07) is 15.7. The average molecular weight is 422 g/mol. The van der Waals surface area contributed by atoms with E-state index in [0.717, 1.165) is 10.6 Å². The third-order valence-electron chi connectivity index (χ3n) is 4.73. The Morgan fingerprint density at radius 3 is 2.48 bits per heavy atom. The summed E-state index contributed by atoms with van der Waals surface area (Å²) < 4.78 is 11.4. The molecule has 1 atom stereocenters. The van der Waals surface area contributed by atoms with E-state index in [0.29, 0.717) is 23.8 Å². The number of hydrazine groups is 1. The first-order chi connectivity index (χ1) is 14.9. The molecule has 2 aromatic heterocycles. The van der Waals surface area contributed by atoms with E-state index in [1.165, 1.54) is 13.1 Å². The van der Waals surface area contributed by atoms with Crippen molar-refractivity contribution >= 4 is 11.8 Å². The molecule has 8 heteroatoms. The van der Waals surface area contributed by atoms with Gasteiger partial charge in [0.15, 0.2) is 11.5 Å². The monoisotopic (exact) mass is 422 g/mol. The Kier molecular flexibility index (Phi) is 7.04. The minimum absolute atomic E-state index is 0.0262. The van der Waals surface area contributed by atoms with Crippen LogP contribution in [0.4, 0.5) is 0 Å². The molecule has 31 heavy (non-hydrogen) atoms. The highest BCUT2D eigenvalue weighted by Gasteiger charge is 2.32. The third kappa shape index (κ3) is 5.29. The van der Waals surface area contributed by atoms with Gasteiger partial charge in [-0.25, -0.2) is 10.8 Å². The highest BCUT2D eigenvalue weighted by molar-refractivity contribution is 5.95. The number of ether oxygens (including phenoxy) is 1. The van der Waals surface area contributed by atoms with E-state index < -0.39 is 11.9 Å². The van der Waals surface area contributed by atoms with E-state index in [1.807, 2.05) is 44.2 Å². The first-order valence-corrected chi connectivity index (χ1v) is 9.93. The van der Waals surface area contributed by atoms with Gasteiger partial charge in [0, 0.05) is 7.05 Å². The second-order valence-corrected chi connectivity index (χ2v) is 7.33. The Hall–Kier alpha value is -3.65. The summed E-state index contributed by atoms with van der Waals surface area (Å²) >= 11 is 0. The van der Waals surface area contributed by atoms with Crippen LogP contribution in [-0.4, -0.2) is 34.9 Å². The van der Waals surface area contributed by atoms with Gasteiger partial charge in [0.25, 0.3) is 0 Å². The number of carbonyl (C=O) groups is 2. The SMILES string of the molecule is CNC(=O)[C@H](C(C)C)N(N)C(=O)c1ccc(-c2ccc(OCc3ccccc3)cn2)o1. The summed E-state index contributed by atoms with van der Waals surface area (Å²) in [6.07, 6.45) is 1.60. The van der Waals surface area contributed by atoms with Crippen molar-refractivity contribution < 1.29 is 18.7 Å². The van der Waals surface area contributed by atoms with Gasteiger partial charge in [0.05, 0.1) is 6.20 Å². The highest BCUT2D eigenvalue weighted by Crippen LogP contribution is 2.23. The van der Waals surface area contributed by atoms with Crippen LogP contribution in [0.2, 0.25) is 0 Å². The lowest BCUT2D eigenvalue weighted by atomic mass is 10.0. The molecule has 0 bridgehead atoms. The smallest absolute Gasteiger partial charge is 0.304 e. The average Bonchev–Trinajstić information content (AvgIpc) is 3.28. The van der Waals surface area contributed by atoms with Crippen molar-refractivity contribution in [2.24, 2.45) is 11.8 Å². The fraction of sp³-hybridized carbons (Fsp3) is 0.261. The number of pyridine rings is 1. The maximum absolute atomic E-state index is 12.7. The van der Waals surface area contributed by atoms with Gasteiger partial charge in [0.2, 0.25) is 5.91 Å². The minimum atomic E-state index is -0.815. The van der Waals surface area contributed by atoms with Crippen LogP contribution < -0.4 is 15.9 Å². The molecule has 3 N–H and O–H groups in total. The molecule has 162 valence electrons. The molecular formula is C23H26N4O4. The van der Waals surface area contributed by atoms with Gasteiger partial charge < -0.3 is 14.5 Å². The number of nitrogens with zero attached hydrogens (tertiary/aromatic N) is 2. The lowest BCUT2D eigenvalue weighted by Gasteiger charge is -2.28. The zero-order valence-corrected chi connectivity index (χ0v) is 17.7. The van der Waals surface area contributed by atoms with Gasteiger partial charge in [-0.1, -0.05) is 44.2 Å². The van der Waals surface area contributed by atoms with Gasteiger partial charge in [-0.3, -0.25) is 14.6 Å². The Bertz CT molecular complexity index is 1020. The number of hydrogen-bond donors (Lipinski definition) is 2. The Morgan fingerprint density at radius 2 is 1.87 bits per heavy atom. The molecular weight excluding hydrogens is 396 g/mol. The van der Waals surface area contributed by atoms with Crippen LogP contribution in [0.3, 0.4) is 0 Å². The number of nitrogens with two attached hydrogens (primary N) is 1. The van der Waals surface area contributed by atoms with Crippen molar-refractivity contribution in [2.45, 2.75) is 26.5 Å². The summed E-state index contributed by atoms with van der Waals surface area (Å²) in [7, 11) is 1.50. The van der Waals surface area contributed by atoms with Crippen molar-refractivity contribution in [2.75, 3.05) is 7.05 Å². The molecule has 0 radical (unpaired) electrons. The summed E-state index contributed by atoms with van der Waals surface area (Å²) in [4.78, 5) is 29.2. The van der Waals surface area contributed by atoms with Gasteiger partial charge in [-0.05, 0) is 35.7 Å².